The Hall–Kier alpha value is -3.02. The summed E-state index contributed by atoms with van der Waals surface area (Å²) in [6.07, 6.45) is 3.47. The van der Waals surface area contributed by atoms with Crippen molar-refractivity contribution in [3.05, 3.63) is 42.7 Å². The minimum absolute atomic E-state index is 0.213. The molecule has 0 aliphatic carbocycles. The molecule has 0 atom stereocenters. The Bertz CT molecular complexity index is 922. The molecular weight excluding hydrogens is 252 g/mol. The number of nitrogens with one attached hydrogen (secondary N) is 1. The lowest BCUT2D eigenvalue weighted by molar-refractivity contribution is 1.09. The van der Waals surface area contributed by atoms with Crippen molar-refractivity contribution in [3.63, 3.8) is 0 Å². The van der Waals surface area contributed by atoms with Gasteiger partial charge in [-0.05, 0) is 6.07 Å². The Morgan fingerprint density at radius 3 is 2.90 bits per heavy atom. The second-order valence-electron chi connectivity index (χ2n) is 4.44. The van der Waals surface area contributed by atoms with Gasteiger partial charge in [0.05, 0.1) is 22.8 Å². The van der Waals surface area contributed by atoms with E-state index in [1.807, 2.05) is 30.3 Å². The van der Waals surface area contributed by atoms with E-state index in [9.17, 15) is 0 Å². The molecule has 3 aromatic heterocycles. The van der Waals surface area contributed by atoms with Crippen molar-refractivity contribution in [2.75, 3.05) is 5.73 Å². The maximum atomic E-state index is 5.77. The number of nitrogens with zero attached hydrogens (tertiary/aromatic N) is 4. The van der Waals surface area contributed by atoms with Gasteiger partial charge in [-0.15, -0.1) is 0 Å². The molecule has 20 heavy (non-hydrogen) atoms. The zero-order valence-corrected chi connectivity index (χ0v) is 10.4. The number of H-pyrrole nitrogens is 1. The summed E-state index contributed by atoms with van der Waals surface area (Å²) in [6.45, 7) is 0. The molecule has 6 nitrogen and oxygen atoms in total. The Morgan fingerprint density at radius 1 is 1.05 bits per heavy atom. The van der Waals surface area contributed by atoms with E-state index in [1.54, 1.807) is 12.4 Å². The van der Waals surface area contributed by atoms with Crippen molar-refractivity contribution in [2.24, 2.45) is 0 Å². The van der Waals surface area contributed by atoms with E-state index in [1.165, 1.54) is 0 Å². The number of para-hydroxylation sites is 1. The predicted molar refractivity (Wildman–Crippen MR) is 76.8 cm³/mol. The van der Waals surface area contributed by atoms with Gasteiger partial charge >= 0.3 is 0 Å². The molecule has 0 aliphatic rings. The molecule has 0 fully saturated rings. The summed E-state index contributed by atoms with van der Waals surface area (Å²) in [7, 11) is 0. The second-order valence-corrected chi connectivity index (χ2v) is 4.44. The van der Waals surface area contributed by atoms with Gasteiger partial charge in [0.1, 0.15) is 0 Å². The van der Waals surface area contributed by atoms with Crippen LogP contribution in [0.2, 0.25) is 0 Å². The lowest BCUT2D eigenvalue weighted by atomic mass is 10.1. The Morgan fingerprint density at radius 2 is 1.95 bits per heavy atom. The highest BCUT2D eigenvalue weighted by molar-refractivity contribution is 6.00. The number of nitrogen functional groups attached to an aromatic ring is 1. The lowest BCUT2D eigenvalue weighted by Crippen LogP contribution is -1.98. The number of anilines is 1. The maximum Gasteiger partial charge on any atom is 0.222 e. The van der Waals surface area contributed by atoms with E-state index in [2.05, 4.69) is 25.1 Å². The molecule has 0 aliphatic heterocycles. The summed E-state index contributed by atoms with van der Waals surface area (Å²) in [5.74, 6) is 0.213. The number of pyridine rings is 1. The van der Waals surface area contributed by atoms with Crippen LogP contribution in [0.4, 0.5) is 5.95 Å². The fourth-order valence-electron chi connectivity index (χ4n) is 2.35. The van der Waals surface area contributed by atoms with Crippen LogP contribution in [0.1, 0.15) is 0 Å². The summed E-state index contributed by atoms with van der Waals surface area (Å²) >= 11 is 0. The summed E-state index contributed by atoms with van der Waals surface area (Å²) in [5.41, 5.74) is 8.95. The second kappa shape index (κ2) is 3.99. The van der Waals surface area contributed by atoms with Crippen molar-refractivity contribution in [3.8, 4) is 11.3 Å². The molecule has 4 aromatic rings. The normalized spacial score (nSPS) is 11.2. The predicted octanol–water partition coefficient (Wildman–Crippen LogP) is 2.15. The zero-order chi connectivity index (χ0) is 13.5. The van der Waals surface area contributed by atoms with Gasteiger partial charge in [0, 0.05) is 17.1 Å². The molecule has 0 amide bonds. The standard InChI is InChI=1S/C14H10N6/c15-14-18-12(10-7-17-20-13(10)19-14)9-5-1-3-8-4-2-6-16-11(8)9/h1-7H,(H3,15,17,18,19,20). The highest BCUT2D eigenvalue weighted by Crippen LogP contribution is 2.30. The smallest absolute Gasteiger partial charge is 0.222 e. The minimum Gasteiger partial charge on any atom is -0.368 e. The first-order chi connectivity index (χ1) is 9.83. The fraction of sp³-hybridized carbons (Fsp3) is 0. The molecule has 1 aromatic carbocycles. The quantitative estimate of drug-likeness (QED) is 0.548. The molecule has 3 N–H and O–H groups in total. The summed E-state index contributed by atoms with van der Waals surface area (Å²) in [4.78, 5) is 12.9. The van der Waals surface area contributed by atoms with Gasteiger partial charge < -0.3 is 5.73 Å². The van der Waals surface area contributed by atoms with Gasteiger partial charge in [0.2, 0.25) is 5.95 Å². The first kappa shape index (κ1) is 10.9. The van der Waals surface area contributed by atoms with Crippen LogP contribution in [0.15, 0.2) is 42.7 Å². The van der Waals surface area contributed by atoms with Crippen LogP contribution in [0, 0.1) is 0 Å². The van der Waals surface area contributed by atoms with Crippen LogP contribution in [-0.4, -0.2) is 25.1 Å². The zero-order valence-electron chi connectivity index (χ0n) is 10.4. The monoisotopic (exact) mass is 262 g/mol. The van der Waals surface area contributed by atoms with E-state index in [0.29, 0.717) is 5.65 Å². The van der Waals surface area contributed by atoms with Crippen LogP contribution in [0.3, 0.4) is 0 Å². The molecule has 0 unspecified atom stereocenters. The first-order valence-corrected chi connectivity index (χ1v) is 6.13. The van der Waals surface area contributed by atoms with Crippen LogP contribution in [-0.2, 0) is 0 Å². The number of aromatic nitrogens is 5. The Balaban J connectivity index is 2.14. The van der Waals surface area contributed by atoms with E-state index in [4.69, 9.17) is 5.73 Å². The molecule has 0 radical (unpaired) electrons. The largest absolute Gasteiger partial charge is 0.368 e. The van der Waals surface area contributed by atoms with Gasteiger partial charge in [0.15, 0.2) is 5.65 Å². The molecule has 0 saturated heterocycles. The molecule has 3 heterocycles. The molecule has 96 valence electrons. The van der Waals surface area contributed by atoms with Crippen LogP contribution in [0.25, 0.3) is 33.2 Å². The van der Waals surface area contributed by atoms with Crippen molar-refractivity contribution in [1.82, 2.24) is 25.1 Å². The number of fused-ring (bicyclic) bond motifs is 2. The molecule has 6 heteroatoms. The Kier molecular flexibility index (Phi) is 2.17. The lowest BCUT2D eigenvalue weighted by Gasteiger charge is -2.06. The average Bonchev–Trinajstić information content (AvgIpc) is 2.94. The number of hydrogen-bond acceptors (Lipinski definition) is 5. The first-order valence-electron chi connectivity index (χ1n) is 6.13. The van der Waals surface area contributed by atoms with Gasteiger partial charge in [-0.2, -0.15) is 10.1 Å². The molecule has 0 bridgehead atoms. The van der Waals surface area contributed by atoms with E-state index in [0.717, 1.165) is 27.5 Å². The molecule has 0 spiro atoms. The highest BCUT2D eigenvalue weighted by atomic mass is 15.2. The SMILES string of the molecule is Nc1nc(-c2cccc3cccnc23)c2cn[nH]c2n1. The summed E-state index contributed by atoms with van der Waals surface area (Å²) in [5, 5.41) is 8.71. The van der Waals surface area contributed by atoms with E-state index >= 15 is 0 Å². The number of rotatable bonds is 1. The highest BCUT2D eigenvalue weighted by Gasteiger charge is 2.13. The number of aromatic amines is 1. The third-order valence-corrected chi connectivity index (χ3v) is 3.21. The maximum absolute atomic E-state index is 5.77. The van der Waals surface area contributed by atoms with Crippen molar-refractivity contribution < 1.29 is 0 Å². The van der Waals surface area contributed by atoms with Gasteiger partial charge in [0.25, 0.3) is 0 Å². The number of hydrogen-bond donors (Lipinski definition) is 2. The Labute approximate surface area is 113 Å². The van der Waals surface area contributed by atoms with Gasteiger partial charge in [-0.1, -0.05) is 24.3 Å². The van der Waals surface area contributed by atoms with E-state index < -0.39 is 0 Å². The van der Waals surface area contributed by atoms with Crippen molar-refractivity contribution in [1.29, 1.82) is 0 Å². The molecular formula is C14H10N6. The summed E-state index contributed by atoms with van der Waals surface area (Å²) in [6, 6.07) is 9.90. The fourth-order valence-corrected chi connectivity index (χ4v) is 2.35. The van der Waals surface area contributed by atoms with Crippen LogP contribution >= 0.6 is 0 Å². The van der Waals surface area contributed by atoms with Crippen molar-refractivity contribution >= 4 is 27.9 Å². The van der Waals surface area contributed by atoms with Gasteiger partial charge in [-0.25, -0.2) is 4.98 Å². The van der Waals surface area contributed by atoms with Gasteiger partial charge in [-0.3, -0.25) is 10.1 Å². The molecule has 0 saturated carbocycles. The number of nitrogens with two attached hydrogens (primary N) is 1. The molecule has 4 rings (SSSR count). The average molecular weight is 262 g/mol. The topological polar surface area (TPSA) is 93.4 Å². The van der Waals surface area contributed by atoms with Crippen LogP contribution in [0.5, 0.6) is 0 Å². The number of benzene rings is 1. The van der Waals surface area contributed by atoms with Crippen LogP contribution < -0.4 is 5.73 Å². The third kappa shape index (κ3) is 1.51. The third-order valence-electron chi connectivity index (χ3n) is 3.21. The van der Waals surface area contributed by atoms with Crippen molar-refractivity contribution in [2.45, 2.75) is 0 Å². The van der Waals surface area contributed by atoms with E-state index in [-0.39, 0.29) is 5.95 Å². The minimum atomic E-state index is 0.213. The summed E-state index contributed by atoms with van der Waals surface area (Å²) < 4.78 is 0.